The molecule has 0 aromatic heterocycles. The van der Waals surface area contributed by atoms with Gasteiger partial charge in [0, 0.05) is 27.8 Å². The summed E-state index contributed by atoms with van der Waals surface area (Å²) in [6.07, 6.45) is 3.21. The van der Waals surface area contributed by atoms with Crippen molar-refractivity contribution in [3.63, 3.8) is 0 Å². The second-order valence-corrected chi connectivity index (χ2v) is 11.3. The number of benzene rings is 3. The highest BCUT2D eigenvalue weighted by Gasteiger charge is 2.43. The zero-order valence-electron chi connectivity index (χ0n) is 21.1. The van der Waals surface area contributed by atoms with Gasteiger partial charge in [0.15, 0.2) is 0 Å². The molecule has 0 saturated carbocycles. The molecule has 3 heteroatoms. The summed E-state index contributed by atoms with van der Waals surface area (Å²) in [5.41, 5.74) is 7.26. The van der Waals surface area contributed by atoms with E-state index in [9.17, 15) is 4.79 Å². The second-order valence-electron chi connectivity index (χ2n) is 11.3. The van der Waals surface area contributed by atoms with E-state index in [0.29, 0.717) is 5.56 Å². The SMILES string of the molecule is CC1=CC(C)(C)N(C(=O)c2ccccc2)c2ccc(C3(C)CC(C)(C)Nc4ccccc43)cc21. The van der Waals surface area contributed by atoms with Gasteiger partial charge in [-0.1, -0.05) is 55.5 Å². The van der Waals surface area contributed by atoms with Gasteiger partial charge in [-0.05, 0) is 88.1 Å². The summed E-state index contributed by atoms with van der Waals surface area (Å²) in [4.78, 5) is 15.6. The maximum Gasteiger partial charge on any atom is 0.259 e. The number of hydrogen-bond acceptors (Lipinski definition) is 2. The van der Waals surface area contributed by atoms with E-state index in [1.807, 2.05) is 35.2 Å². The Balaban J connectivity index is 1.66. The summed E-state index contributed by atoms with van der Waals surface area (Å²) in [5, 5.41) is 3.72. The first kappa shape index (κ1) is 22.5. The highest BCUT2D eigenvalue weighted by Crippen LogP contribution is 2.49. The summed E-state index contributed by atoms with van der Waals surface area (Å²) < 4.78 is 0. The van der Waals surface area contributed by atoms with Gasteiger partial charge < -0.3 is 5.32 Å². The molecule has 0 spiro atoms. The van der Waals surface area contributed by atoms with Crippen molar-refractivity contribution in [2.45, 2.75) is 64.5 Å². The van der Waals surface area contributed by atoms with Crippen LogP contribution in [0.2, 0.25) is 0 Å². The third-order valence-electron chi connectivity index (χ3n) is 7.46. The van der Waals surface area contributed by atoms with Crippen molar-refractivity contribution in [1.82, 2.24) is 0 Å². The highest BCUT2D eigenvalue weighted by atomic mass is 16.2. The number of allylic oxidation sites excluding steroid dienone is 1. The zero-order chi connectivity index (χ0) is 24.3. The summed E-state index contributed by atoms with van der Waals surface area (Å²) in [5.74, 6) is 0.0305. The fourth-order valence-electron chi connectivity index (χ4n) is 6.17. The molecule has 2 aliphatic heterocycles. The molecule has 1 amide bonds. The van der Waals surface area contributed by atoms with E-state index >= 15 is 0 Å². The van der Waals surface area contributed by atoms with Gasteiger partial charge in [0.1, 0.15) is 0 Å². The third kappa shape index (κ3) is 3.55. The number of fused-ring (bicyclic) bond motifs is 2. The molecule has 3 aromatic rings. The molecule has 1 unspecified atom stereocenters. The fourth-order valence-corrected chi connectivity index (χ4v) is 6.17. The number of carbonyl (C=O) groups excluding carboxylic acids is 1. The summed E-state index contributed by atoms with van der Waals surface area (Å²) in [6.45, 7) is 13.3. The molecule has 0 radical (unpaired) electrons. The van der Waals surface area contributed by atoms with Gasteiger partial charge in [-0.25, -0.2) is 0 Å². The minimum atomic E-state index is -0.418. The Morgan fingerprint density at radius 1 is 0.882 bits per heavy atom. The minimum absolute atomic E-state index is 0.0266. The van der Waals surface area contributed by atoms with Crippen molar-refractivity contribution < 1.29 is 4.79 Å². The van der Waals surface area contributed by atoms with Gasteiger partial charge in [-0.3, -0.25) is 9.69 Å². The van der Waals surface area contributed by atoms with Gasteiger partial charge in [-0.15, -0.1) is 0 Å². The Morgan fingerprint density at radius 2 is 1.56 bits per heavy atom. The van der Waals surface area contributed by atoms with Crippen LogP contribution in [0, 0.1) is 0 Å². The minimum Gasteiger partial charge on any atom is -0.380 e. The van der Waals surface area contributed by atoms with Gasteiger partial charge >= 0.3 is 0 Å². The number of hydrogen-bond donors (Lipinski definition) is 1. The van der Waals surface area contributed by atoms with E-state index in [4.69, 9.17) is 0 Å². The lowest BCUT2D eigenvalue weighted by molar-refractivity contribution is 0.0970. The average molecular weight is 451 g/mol. The van der Waals surface area contributed by atoms with E-state index in [-0.39, 0.29) is 16.9 Å². The highest BCUT2D eigenvalue weighted by molar-refractivity contribution is 6.09. The molecule has 0 bridgehead atoms. The summed E-state index contributed by atoms with van der Waals surface area (Å²) in [7, 11) is 0. The van der Waals surface area contributed by atoms with E-state index in [1.165, 1.54) is 22.4 Å². The number of carbonyl (C=O) groups is 1. The molecular weight excluding hydrogens is 416 g/mol. The molecule has 174 valence electrons. The Kier molecular flexibility index (Phi) is 5.02. The van der Waals surface area contributed by atoms with Crippen LogP contribution in [0.1, 0.15) is 75.0 Å². The van der Waals surface area contributed by atoms with Gasteiger partial charge in [0.05, 0.1) is 11.2 Å². The monoisotopic (exact) mass is 450 g/mol. The largest absolute Gasteiger partial charge is 0.380 e. The van der Waals surface area contributed by atoms with E-state index < -0.39 is 5.54 Å². The maximum atomic E-state index is 13.7. The lowest BCUT2D eigenvalue weighted by Gasteiger charge is -2.47. The normalized spacial score (nSPS) is 22.2. The Morgan fingerprint density at radius 3 is 2.29 bits per heavy atom. The Hall–Kier alpha value is -3.33. The first-order valence-electron chi connectivity index (χ1n) is 12.1. The van der Waals surface area contributed by atoms with Crippen LogP contribution in [-0.2, 0) is 5.41 Å². The van der Waals surface area contributed by atoms with Crippen LogP contribution in [-0.4, -0.2) is 17.0 Å². The third-order valence-corrected chi connectivity index (χ3v) is 7.46. The second kappa shape index (κ2) is 7.59. The molecule has 1 N–H and O–H groups in total. The van der Waals surface area contributed by atoms with Crippen molar-refractivity contribution in [3.8, 4) is 0 Å². The van der Waals surface area contributed by atoms with Crippen molar-refractivity contribution in [3.05, 3.63) is 101 Å². The molecule has 2 heterocycles. The maximum absolute atomic E-state index is 13.7. The number of rotatable bonds is 2. The molecule has 5 rings (SSSR count). The van der Waals surface area contributed by atoms with Crippen LogP contribution < -0.4 is 10.2 Å². The van der Waals surface area contributed by atoms with Crippen LogP contribution in [0.15, 0.2) is 78.9 Å². The number of amides is 1. The number of para-hydroxylation sites is 1. The summed E-state index contributed by atoms with van der Waals surface area (Å²) in [6, 6.07) is 24.9. The van der Waals surface area contributed by atoms with Crippen LogP contribution in [0.25, 0.3) is 5.57 Å². The molecule has 3 aromatic carbocycles. The molecule has 0 fully saturated rings. The average Bonchev–Trinajstić information content (AvgIpc) is 2.78. The fraction of sp³-hybridized carbons (Fsp3) is 0.323. The predicted octanol–water partition coefficient (Wildman–Crippen LogP) is 7.43. The molecule has 2 aliphatic rings. The molecule has 34 heavy (non-hydrogen) atoms. The first-order chi connectivity index (χ1) is 16.0. The molecule has 1 atom stereocenters. The smallest absolute Gasteiger partial charge is 0.259 e. The van der Waals surface area contributed by atoms with Crippen LogP contribution in [0.5, 0.6) is 0 Å². The quantitative estimate of drug-likeness (QED) is 0.440. The van der Waals surface area contributed by atoms with Crippen LogP contribution in [0.4, 0.5) is 11.4 Å². The number of anilines is 2. The molecular formula is C31H34N2O. The Bertz CT molecular complexity index is 1300. The van der Waals surface area contributed by atoms with E-state index in [0.717, 1.165) is 17.7 Å². The molecule has 0 saturated heterocycles. The van der Waals surface area contributed by atoms with E-state index in [1.54, 1.807) is 0 Å². The van der Waals surface area contributed by atoms with Gasteiger partial charge in [0.2, 0.25) is 0 Å². The lowest BCUT2D eigenvalue weighted by Crippen LogP contribution is -2.49. The summed E-state index contributed by atoms with van der Waals surface area (Å²) >= 11 is 0. The molecule has 0 aliphatic carbocycles. The predicted molar refractivity (Wildman–Crippen MR) is 143 cm³/mol. The van der Waals surface area contributed by atoms with Crippen molar-refractivity contribution in [2.75, 3.05) is 10.2 Å². The van der Waals surface area contributed by atoms with E-state index in [2.05, 4.69) is 95.4 Å². The standard InChI is InChI=1S/C31H34N2O/c1-21-19-30(4,5)33(28(34)22-12-8-7-9-13-22)27-17-16-23(18-24(21)27)31(6)20-29(2,3)32-26-15-11-10-14-25(26)31/h7-19,32H,20H2,1-6H3. The topological polar surface area (TPSA) is 32.3 Å². The van der Waals surface area contributed by atoms with Crippen molar-refractivity contribution in [1.29, 1.82) is 0 Å². The lowest BCUT2D eigenvalue weighted by atomic mass is 9.65. The number of nitrogens with one attached hydrogen (secondary N) is 1. The van der Waals surface area contributed by atoms with Gasteiger partial charge in [0.25, 0.3) is 5.91 Å². The van der Waals surface area contributed by atoms with Crippen LogP contribution in [0.3, 0.4) is 0 Å². The van der Waals surface area contributed by atoms with Crippen molar-refractivity contribution in [2.24, 2.45) is 0 Å². The first-order valence-corrected chi connectivity index (χ1v) is 12.1. The van der Waals surface area contributed by atoms with Crippen molar-refractivity contribution >= 4 is 22.9 Å². The Labute approximate surface area is 203 Å². The van der Waals surface area contributed by atoms with Gasteiger partial charge in [-0.2, -0.15) is 0 Å². The number of nitrogens with zero attached hydrogens (tertiary/aromatic N) is 1. The van der Waals surface area contributed by atoms with Crippen LogP contribution >= 0.6 is 0 Å². The molecule has 3 nitrogen and oxygen atoms in total. The zero-order valence-corrected chi connectivity index (χ0v) is 21.1.